The molecule has 0 aliphatic heterocycles. The largest absolute Gasteiger partial charge is 0.490 e. The quantitative estimate of drug-likeness (QED) is 0.256. The van der Waals surface area contributed by atoms with E-state index in [4.69, 9.17) is 21.1 Å². The highest BCUT2D eigenvalue weighted by molar-refractivity contribution is 7.90. The van der Waals surface area contributed by atoms with Crippen LogP contribution in [-0.4, -0.2) is 43.2 Å². The van der Waals surface area contributed by atoms with Crippen molar-refractivity contribution in [1.82, 2.24) is 9.36 Å². The van der Waals surface area contributed by atoms with Gasteiger partial charge in [-0.3, -0.25) is 10.1 Å². The van der Waals surface area contributed by atoms with Gasteiger partial charge in [0.05, 0.1) is 0 Å². The lowest BCUT2D eigenvalue weighted by atomic mass is 10.1. The second kappa shape index (κ2) is 11.1. The fourth-order valence-corrected chi connectivity index (χ4v) is 4.13. The van der Waals surface area contributed by atoms with E-state index in [2.05, 4.69) is 14.7 Å². The van der Waals surface area contributed by atoms with E-state index in [0.717, 1.165) is 11.8 Å². The number of ether oxygens (including phenoxy) is 2. The number of aromatic nitrogens is 2. The van der Waals surface area contributed by atoms with Crippen LogP contribution in [0.1, 0.15) is 11.1 Å². The van der Waals surface area contributed by atoms with Crippen molar-refractivity contribution >= 4 is 50.1 Å². The van der Waals surface area contributed by atoms with Gasteiger partial charge in [0.2, 0.25) is 15.0 Å². The highest BCUT2D eigenvalue weighted by atomic mass is 35.5. The number of sulfone groups is 1. The number of rotatable bonds is 9. The lowest BCUT2D eigenvalue weighted by Crippen LogP contribution is -2.13. The van der Waals surface area contributed by atoms with Crippen LogP contribution in [-0.2, 0) is 14.6 Å². The van der Waals surface area contributed by atoms with Gasteiger partial charge in [-0.15, -0.1) is 0 Å². The number of carbonyl (C=O) groups excluding carboxylic acids is 1. The normalized spacial score (nSPS) is 11.5. The predicted molar refractivity (Wildman–Crippen MR) is 129 cm³/mol. The molecule has 9 nitrogen and oxygen atoms in total. The number of halogens is 1. The Bertz CT molecular complexity index is 1360. The summed E-state index contributed by atoms with van der Waals surface area (Å²) in [5.41, 5.74) is 1.34. The molecule has 1 aromatic heterocycles. The third kappa shape index (κ3) is 7.02. The Hall–Kier alpha value is -3.46. The highest BCUT2D eigenvalue weighted by Gasteiger charge is 2.17. The summed E-state index contributed by atoms with van der Waals surface area (Å²) in [6.07, 6.45) is 2.35. The van der Waals surface area contributed by atoms with Crippen LogP contribution in [0.15, 0.2) is 53.2 Å². The molecule has 1 N–H and O–H groups in total. The van der Waals surface area contributed by atoms with Gasteiger partial charge in [-0.25, -0.2) is 8.42 Å². The second-order valence-electron chi connectivity index (χ2n) is 6.96. The van der Waals surface area contributed by atoms with Crippen LogP contribution in [0.2, 0.25) is 5.02 Å². The van der Waals surface area contributed by atoms with Gasteiger partial charge in [0, 0.05) is 22.8 Å². The minimum absolute atomic E-state index is 0.0219. The molecule has 12 heteroatoms. The van der Waals surface area contributed by atoms with Crippen molar-refractivity contribution in [3.05, 3.63) is 64.2 Å². The Morgan fingerprint density at radius 1 is 1.18 bits per heavy atom. The van der Waals surface area contributed by atoms with Crippen LogP contribution in [0, 0.1) is 18.3 Å². The third-order valence-corrected chi connectivity index (χ3v) is 6.28. The van der Waals surface area contributed by atoms with Gasteiger partial charge in [-0.05, 0) is 54.5 Å². The molecule has 0 aliphatic carbocycles. The molecule has 34 heavy (non-hydrogen) atoms. The molecule has 176 valence electrons. The molecule has 0 saturated heterocycles. The zero-order valence-corrected chi connectivity index (χ0v) is 20.5. The average Bonchev–Trinajstić information content (AvgIpc) is 3.27. The lowest BCUT2D eigenvalue weighted by Gasteiger charge is -2.09. The molecule has 0 bridgehead atoms. The molecule has 0 saturated carbocycles. The Labute approximate surface area is 205 Å². The van der Waals surface area contributed by atoms with E-state index in [9.17, 15) is 18.5 Å². The van der Waals surface area contributed by atoms with Crippen molar-refractivity contribution in [3.8, 4) is 17.6 Å². The first-order valence-electron chi connectivity index (χ1n) is 9.74. The minimum Gasteiger partial charge on any atom is -0.490 e. The van der Waals surface area contributed by atoms with Crippen molar-refractivity contribution in [2.24, 2.45) is 0 Å². The molecule has 0 fully saturated rings. The summed E-state index contributed by atoms with van der Waals surface area (Å²) in [6, 6.07) is 14.0. The van der Waals surface area contributed by atoms with Crippen LogP contribution in [0.4, 0.5) is 5.13 Å². The Morgan fingerprint density at radius 3 is 2.41 bits per heavy atom. The van der Waals surface area contributed by atoms with E-state index in [1.54, 1.807) is 36.4 Å². The van der Waals surface area contributed by atoms with Gasteiger partial charge in [0.1, 0.15) is 36.4 Å². The fraction of sp³-hybridized carbons (Fsp3) is 0.182. The van der Waals surface area contributed by atoms with Gasteiger partial charge in [0.15, 0.2) is 0 Å². The number of benzene rings is 2. The first kappa shape index (κ1) is 25.2. The predicted octanol–water partition coefficient (Wildman–Crippen LogP) is 3.91. The minimum atomic E-state index is -3.59. The van der Waals surface area contributed by atoms with E-state index in [-0.39, 0.29) is 15.9 Å². The monoisotopic (exact) mass is 518 g/mol. The number of aryl methyl sites for hydroxylation is 1. The molecule has 1 amide bonds. The maximum absolute atomic E-state index is 12.3. The SMILES string of the molecule is Cc1cc(OCCOc2ccc(/C=C(/C#N)C(=O)Nc3nc(S(C)(=O)=O)ns3)cc2)ccc1Cl. The summed E-state index contributed by atoms with van der Waals surface area (Å²) in [5, 5.41) is 12.0. The van der Waals surface area contributed by atoms with Crippen LogP contribution in [0.25, 0.3) is 6.08 Å². The molecule has 3 aromatic rings. The molecule has 0 aliphatic rings. The summed E-state index contributed by atoms with van der Waals surface area (Å²) in [5.74, 6) is 0.570. The molecule has 0 unspecified atom stereocenters. The maximum Gasteiger partial charge on any atom is 0.268 e. The number of amides is 1. The molecule has 0 spiro atoms. The maximum atomic E-state index is 12.3. The van der Waals surface area contributed by atoms with Crippen LogP contribution in [0.3, 0.4) is 0 Å². The van der Waals surface area contributed by atoms with Gasteiger partial charge in [-0.2, -0.15) is 14.6 Å². The van der Waals surface area contributed by atoms with Crippen molar-refractivity contribution in [1.29, 1.82) is 5.26 Å². The summed E-state index contributed by atoms with van der Waals surface area (Å²) in [4.78, 5) is 16.1. The van der Waals surface area contributed by atoms with Crippen LogP contribution < -0.4 is 14.8 Å². The number of nitrogens with zero attached hydrogens (tertiary/aromatic N) is 3. The van der Waals surface area contributed by atoms with Crippen molar-refractivity contribution in [2.45, 2.75) is 12.1 Å². The van der Waals surface area contributed by atoms with Crippen molar-refractivity contribution in [3.63, 3.8) is 0 Å². The number of anilines is 1. The second-order valence-corrected chi connectivity index (χ2v) is 10.0. The standard InChI is InChI=1S/C22H19ClN4O5S2/c1-14-11-18(7-8-19(14)23)32-10-9-31-17-5-3-15(4-6-17)12-16(13-24)20(28)25-21-26-22(27-33-21)34(2,29)30/h3-8,11-12H,9-10H2,1-2H3,(H,25,26,27,28)/b16-12-. The first-order valence-corrected chi connectivity index (χ1v) is 12.8. The highest BCUT2D eigenvalue weighted by Crippen LogP contribution is 2.21. The third-order valence-electron chi connectivity index (χ3n) is 4.27. The van der Waals surface area contributed by atoms with Gasteiger partial charge in [0.25, 0.3) is 11.1 Å². The summed E-state index contributed by atoms with van der Waals surface area (Å²) in [6.45, 7) is 2.56. The van der Waals surface area contributed by atoms with Gasteiger partial charge < -0.3 is 9.47 Å². The molecule has 0 atom stereocenters. The van der Waals surface area contributed by atoms with E-state index in [0.29, 0.717) is 46.8 Å². The molecule has 2 aromatic carbocycles. The molecule has 1 heterocycles. The van der Waals surface area contributed by atoms with E-state index in [1.165, 1.54) is 6.08 Å². The summed E-state index contributed by atoms with van der Waals surface area (Å²) < 4.78 is 37.8. The average molecular weight is 519 g/mol. The zero-order valence-electron chi connectivity index (χ0n) is 18.1. The summed E-state index contributed by atoms with van der Waals surface area (Å²) in [7, 11) is -3.59. The molecular weight excluding hydrogens is 500 g/mol. The smallest absolute Gasteiger partial charge is 0.268 e. The van der Waals surface area contributed by atoms with Crippen LogP contribution >= 0.6 is 23.1 Å². The number of nitriles is 1. The molecule has 0 radical (unpaired) electrons. The van der Waals surface area contributed by atoms with Gasteiger partial charge in [-0.1, -0.05) is 23.7 Å². The first-order chi connectivity index (χ1) is 16.2. The Balaban J connectivity index is 1.54. The van der Waals surface area contributed by atoms with Gasteiger partial charge >= 0.3 is 0 Å². The fourth-order valence-electron chi connectivity index (χ4n) is 2.58. The van der Waals surface area contributed by atoms with Crippen molar-refractivity contribution < 1.29 is 22.7 Å². The van der Waals surface area contributed by atoms with Crippen molar-refractivity contribution in [2.75, 3.05) is 24.8 Å². The molecular formula is C22H19ClN4O5S2. The Morgan fingerprint density at radius 2 is 1.82 bits per heavy atom. The molecule has 3 rings (SSSR count). The van der Waals surface area contributed by atoms with E-state index < -0.39 is 15.7 Å². The summed E-state index contributed by atoms with van der Waals surface area (Å²) >= 11 is 6.70. The lowest BCUT2D eigenvalue weighted by molar-refractivity contribution is -0.112. The van der Waals surface area contributed by atoms with E-state index in [1.807, 2.05) is 19.1 Å². The number of nitrogens with one attached hydrogen (secondary N) is 1. The Kier molecular flexibility index (Phi) is 8.22. The number of carbonyl (C=O) groups is 1. The topological polar surface area (TPSA) is 131 Å². The number of hydrogen-bond donors (Lipinski definition) is 1. The van der Waals surface area contributed by atoms with Crippen LogP contribution in [0.5, 0.6) is 11.5 Å². The number of hydrogen-bond acceptors (Lipinski definition) is 9. The zero-order chi connectivity index (χ0) is 24.7. The van der Waals surface area contributed by atoms with E-state index >= 15 is 0 Å².